The van der Waals surface area contributed by atoms with E-state index in [1.165, 1.54) is 11.8 Å². The van der Waals surface area contributed by atoms with E-state index in [2.05, 4.69) is 24.3 Å². The number of rotatable bonds is 5. The zero-order valence-corrected chi connectivity index (χ0v) is 11.0. The zero-order valence-electron chi connectivity index (χ0n) is 10.2. The third-order valence-corrected chi connectivity index (χ3v) is 3.17. The van der Waals surface area contributed by atoms with Crippen LogP contribution in [-0.4, -0.2) is 10.7 Å². The van der Waals surface area contributed by atoms with E-state index in [0.29, 0.717) is 10.9 Å². The number of anilines is 1. The smallest absolute Gasteiger partial charge is 0.308 e. The predicted molar refractivity (Wildman–Crippen MR) is 67.2 cm³/mol. The second-order valence-corrected chi connectivity index (χ2v) is 5.37. The molecule has 0 bridgehead atoms. The van der Waals surface area contributed by atoms with E-state index in [1.807, 2.05) is 0 Å². The Kier molecular flexibility index (Phi) is 5.28. The molecule has 0 amide bonds. The average molecular weight is 279 g/mol. The first-order valence-corrected chi connectivity index (χ1v) is 6.50. The number of nitrogens with two attached hydrogens (primary N) is 1. The van der Waals surface area contributed by atoms with Crippen LogP contribution in [0, 0.1) is 5.92 Å². The zero-order chi connectivity index (χ0) is 13.8. The Bertz CT molecular complexity index is 394. The Hall–Kier alpha value is -0.950. The molecule has 0 saturated heterocycles. The van der Waals surface area contributed by atoms with Crippen LogP contribution in [0.5, 0.6) is 0 Å². The minimum absolute atomic E-state index is 0.0249. The van der Waals surface area contributed by atoms with Crippen molar-refractivity contribution in [2.45, 2.75) is 31.5 Å². The Morgan fingerprint density at radius 3 is 2.56 bits per heavy atom. The molecule has 1 aromatic rings. The van der Waals surface area contributed by atoms with Gasteiger partial charge in [0.25, 0.3) is 0 Å². The molecule has 18 heavy (non-hydrogen) atoms. The van der Waals surface area contributed by atoms with Gasteiger partial charge in [0.05, 0.1) is 10.6 Å². The summed E-state index contributed by atoms with van der Waals surface area (Å²) in [6, 6.07) is 1.94. The Labute approximate surface area is 108 Å². The van der Waals surface area contributed by atoms with Gasteiger partial charge in [-0.25, -0.2) is 10.8 Å². The van der Waals surface area contributed by atoms with E-state index in [4.69, 9.17) is 5.84 Å². The molecule has 0 saturated carbocycles. The summed E-state index contributed by atoms with van der Waals surface area (Å²) in [6.07, 6.45) is -3.46. The number of nitrogens with one attached hydrogen (secondary N) is 1. The van der Waals surface area contributed by atoms with E-state index in [-0.39, 0.29) is 5.82 Å². The maximum absolute atomic E-state index is 12.6. The number of nitrogens with zero attached hydrogens (tertiary/aromatic N) is 1. The lowest BCUT2D eigenvalue weighted by atomic mass is 10.2. The number of halogens is 3. The van der Waals surface area contributed by atoms with Gasteiger partial charge in [0.1, 0.15) is 5.82 Å². The number of alkyl halides is 3. The molecule has 1 rings (SSSR count). The van der Waals surface area contributed by atoms with Crippen LogP contribution < -0.4 is 11.3 Å². The largest absolute Gasteiger partial charge is 0.416 e. The maximum Gasteiger partial charge on any atom is 0.416 e. The maximum atomic E-state index is 12.6. The monoisotopic (exact) mass is 279 g/mol. The van der Waals surface area contributed by atoms with Crippen molar-refractivity contribution in [3.63, 3.8) is 0 Å². The summed E-state index contributed by atoms with van der Waals surface area (Å²) < 4.78 is 37.9. The van der Waals surface area contributed by atoms with Crippen molar-refractivity contribution in [3.05, 3.63) is 17.7 Å². The van der Waals surface area contributed by atoms with Crippen LogP contribution in [-0.2, 0) is 6.18 Å². The molecule has 0 aliphatic carbocycles. The highest BCUT2D eigenvalue weighted by molar-refractivity contribution is 7.99. The predicted octanol–water partition coefficient (Wildman–Crippen LogP) is 3.52. The topological polar surface area (TPSA) is 50.9 Å². The number of nitrogen functional groups attached to an aromatic ring is 1. The van der Waals surface area contributed by atoms with Crippen LogP contribution in [0.2, 0.25) is 0 Å². The minimum atomic E-state index is -4.39. The lowest BCUT2D eigenvalue weighted by Gasteiger charge is -2.11. The molecule has 0 aromatic carbocycles. The van der Waals surface area contributed by atoms with Crippen molar-refractivity contribution in [3.8, 4) is 0 Å². The van der Waals surface area contributed by atoms with Gasteiger partial charge >= 0.3 is 6.18 Å². The molecule has 1 aromatic heterocycles. The standard InChI is InChI=1S/C11H16F3N3S/c1-7(2)3-4-18-10-6-8(11(12,13)14)5-9(16-10)17-15/h5-7H,3-4,15H2,1-2H3,(H,16,17). The summed E-state index contributed by atoms with van der Waals surface area (Å²) >= 11 is 1.30. The quantitative estimate of drug-likeness (QED) is 0.492. The van der Waals surface area contributed by atoms with Crippen LogP contribution >= 0.6 is 11.8 Å². The SMILES string of the molecule is CC(C)CCSc1cc(C(F)(F)F)cc(NN)n1. The van der Waals surface area contributed by atoms with Gasteiger partial charge in [-0.3, -0.25) is 0 Å². The molecule has 3 N–H and O–H groups in total. The second kappa shape index (κ2) is 6.29. The first-order chi connectivity index (χ1) is 8.32. The van der Waals surface area contributed by atoms with E-state index in [0.717, 1.165) is 24.3 Å². The van der Waals surface area contributed by atoms with E-state index in [1.54, 1.807) is 0 Å². The molecular formula is C11H16F3N3S. The molecule has 0 atom stereocenters. The highest BCUT2D eigenvalue weighted by atomic mass is 32.2. The number of thioether (sulfide) groups is 1. The van der Waals surface area contributed by atoms with Gasteiger partial charge in [0.15, 0.2) is 0 Å². The van der Waals surface area contributed by atoms with Crippen LogP contribution in [0.3, 0.4) is 0 Å². The molecule has 1 heterocycles. The molecule has 0 spiro atoms. The fourth-order valence-corrected chi connectivity index (χ4v) is 2.39. The van der Waals surface area contributed by atoms with Crippen molar-refractivity contribution in [2.24, 2.45) is 11.8 Å². The first kappa shape index (κ1) is 15.1. The summed E-state index contributed by atoms with van der Waals surface area (Å²) in [7, 11) is 0. The average Bonchev–Trinajstić information content (AvgIpc) is 2.27. The van der Waals surface area contributed by atoms with Gasteiger partial charge in [0, 0.05) is 0 Å². The highest BCUT2D eigenvalue weighted by Crippen LogP contribution is 2.33. The first-order valence-electron chi connectivity index (χ1n) is 5.51. The Morgan fingerprint density at radius 1 is 1.39 bits per heavy atom. The number of aromatic nitrogens is 1. The normalized spacial score (nSPS) is 11.9. The Balaban J connectivity index is 2.84. The summed E-state index contributed by atoms with van der Waals surface area (Å²) in [4.78, 5) is 3.99. The molecule has 0 fully saturated rings. The van der Waals surface area contributed by atoms with Crippen LogP contribution in [0.1, 0.15) is 25.8 Å². The van der Waals surface area contributed by atoms with Crippen molar-refractivity contribution in [1.82, 2.24) is 4.98 Å². The lowest BCUT2D eigenvalue weighted by molar-refractivity contribution is -0.137. The van der Waals surface area contributed by atoms with Crippen LogP contribution in [0.15, 0.2) is 17.2 Å². The van der Waals surface area contributed by atoms with Crippen molar-refractivity contribution < 1.29 is 13.2 Å². The van der Waals surface area contributed by atoms with E-state index >= 15 is 0 Å². The summed E-state index contributed by atoms with van der Waals surface area (Å²) in [6.45, 7) is 4.12. The summed E-state index contributed by atoms with van der Waals surface area (Å²) in [5.74, 6) is 6.39. The number of hydrogen-bond donors (Lipinski definition) is 2. The molecule has 102 valence electrons. The van der Waals surface area contributed by atoms with Crippen molar-refractivity contribution in [2.75, 3.05) is 11.2 Å². The summed E-state index contributed by atoms with van der Waals surface area (Å²) in [5, 5.41) is 0.332. The van der Waals surface area contributed by atoms with Gasteiger partial charge in [-0.1, -0.05) is 13.8 Å². The van der Waals surface area contributed by atoms with E-state index in [9.17, 15) is 13.2 Å². The molecule has 0 aliphatic heterocycles. The molecule has 0 unspecified atom stereocenters. The molecular weight excluding hydrogens is 263 g/mol. The fourth-order valence-electron chi connectivity index (χ4n) is 1.22. The second-order valence-electron chi connectivity index (χ2n) is 4.25. The molecule has 3 nitrogen and oxygen atoms in total. The van der Waals surface area contributed by atoms with Crippen LogP contribution in [0.25, 0.3) is 0 Å². The lowest BCUT2D eigenvalue weighted by Crippen LogP contribution is -2.12. The minimum Gasteiger partial charge on any atom is -0.308 e. The third kappa shape index (κ3) is 4.73. The van der Waals surface area contributed by atoms with Crippen molar-refractivity contribution >= 4 is 17.6 Å². The fraction of sp³-hybridized carbons (Fsp3) is 0.545. The van der Waals surface area contributed by atoms with Crippen molar-refractivity contribution in [1.29, 1.82) is 0 Å². The molecule has 7 heteroatoms. The summed E-state index contributed by atoms with van der Waals surface area (Å²) in [5.41, 5.74) is 1.42. The van der Waals surface area contributed by atoms with Crippen LogP contribution in [0.4, 0.5) is 19.0 Å². The van der Waals surface area contributed by atoms with E-state index < -0.39 is 11.7 Å². The number of pyridine rings is 1. The highest BCUT2D eigenvalue weighted by Gasteiger charge is 2.31. The van der Waals surface area contributed by atoms with Gasteiger partial charge in [-0.05, 0) is 30.2 Å². The molecule has 0 radical (unpaired) electrons. The number of hydrazine groups is 1. The van der Waals surface area contributed by atoms with Gasteiger partial charge < -0.3 is 5.43 Å². The van der Waals surface area contributed by atoms with Gasteiger partial charge in [0.2, 0.25) is 0 Å². The molecule has 0 aliphatic rings. The van der Waals surface area contributed by atoms with Gasteiger partial charge in [-0.2, -0.15) is 13.2 Å². The van der Waals surface area contributed by atoms with Gasteiger partial charge in [-0.15, -0.1) is 11.8 Å². The Morgan fingerprint density at radius 2 is 2.06 bits per heavy atom. The number of hydrogen-bond acceptors (Lipinski definition) is 4. The third-order valence-electron chi connectivity index (χ3n) is 2.22.